The summed E-state index contributed by atoms with van der Waals surface area (Å²) in [7, 11) is 0. The second-order valence-electron chi connectivity index (χ2n) is 3.73. The molecule has 0 saturated heterocycles. The highest BCUT2D eigenvalue weighted by Crippen LogP contribution is 2.30. The average molecular weight is 326 g/mol. The number of carboxylic acid groups (broad SMARTS) is 1. The number of ether oxygens (including phenoxy) is 1. The van der Waals surface area contributed by atoms with Gasteiger partial charge in [-0.2, -0.15) is 0 Å². The van der Waals surface area contributed by atoms with Crippen LogP contribution in [0.5, 0.6) is 11.5 Å². The summed E-state index contributed by atoms with van der Waals surface area (Å²) in [5.74, 6) is -1.73. The van der Waals surface area contributed by atoms with E-state index in [2.05, 4.69) is 15.9 Å². The van der Waals surface area contributed by atoms with Crippen LogP contribution in [0.4, 0.5) is 10.1 Å². The molecule has 98 valence electrons. The molecule has 0 fully saturated rings. The first-order valence-corrected chi connectivity index (χ1v) is 6.02. The fraction of sp³-hybridized carbons (Fsp3) is 0. The zero-order chi connectivity index (χ0) is 14.0. The molecular formula is C13H9BrFNO3. The minimum atomic E-state index is -1.38. The monoisotopic (exact) mass is 325 g/mol. The van der Waals surface area contributed by atoms with E-state index in [1.54, 1.807) is 24.3 Å². The maximum atomic E-state index is 13.5. The Balaban J connectivity index is 2.33. The van der Waals surface area contributed by atoms with E-state index in [1.165, 1.54) is 0 Å². The fourth-order valence-corrected chi connectivity index (χ4v) is 1.72. The topological polar surface area (TPSA) is 72.6 Å². The lowest BCUT2D eigenvalue weighted by atomic mass is 10.1. The van der Waals surface area contributed by atoms with Gasteiger partial charge >= 0.3 is 5.97 Å². The summed E-state index contributed by atoms with van der Waals surface area (Å²) in [4.78, 5) is 10.7. The van der Waals surface area contributed by atoms with Crippen molar-refractivity contribution < 1.29 is 19.0 Å². The van der Waals surface area contributed by atoms with E-state index in [4.69, 9.17) is 15.6 Å². The van der Waals surface area contributed by atoms with E-state index >= 15 is 0 Å². The van der Waals surface area contributed by atoms with Gasteiger partial charge in [0.15, 0.2) is 5.75 Å². The maximum absolute atomic E-state index is 13.5. The van der Waals surface area contributed by atoms with Crippen LogP contribution in [-0.4, -0.2) is 11.1 Å². The number of benzene rings is 2. The fourth-order valence-electron chi connectivity index (χ4n) is 1.45. The number of hydrogen-bond acceptors (Lipinski definition) is 3. The van der Waals surface area contributed by atoms with Crippen molar-refractivity contribution in [1.29, 1.82) is 0 Å². The molecule has 0 radical (unpaired) electrons. The van der Waals surface area contributed by atoms with Crippen LogP contribution in [0.2, 0.25) is 0 Å². The Labute approximate surface area is 116 Å². The van der Waals surface area contributed by atoms with Crippen LogP contribution < -0.4 is 10.5 Å². The molecule has 0 aliphatic heterocycles. The first-order valence-electron chi connectivity index (χ1n) is 5.23. The van der Waals surface area contributed by atoms with Crippen molar-refractivity contribution in [3.05, 3.63) is 52.3 Å². The number of anilines is 1. The SMILES string of the molecule is Nc1cc(C(=O)O)c(F)cc1Oc1ccc(Br)cc1. The largest absolute Gasteiger partial charge is 0.478 e. The molecule has 2 aromatic carbocycles. The average Bonchev–Trinajstić information content (AvgIpc) is 2.35. The van der Waals surface area contributed by atoms with Gasteiger partial charge in [-0.05, 0) is 30.3 Å². The van der Waals surface area contributed by atoms with E-state index in [1.807, 2.05) is 0 Å². The van der Waals surface area contributed by atoms with Crippen molar-refractivity contribution in [1.82, 2.24) is 0 Å². The van der Waals surface area contributed by atoms with Crippen molar-refractivity contribution >= 4 is 27.6 Å². The maximum Gasteiger partial charge on any atom is 0.338 e. The quantitative estimate of drug-likeness (QED) is 0.844. The summed E-state index contributed by atoms with van der Waals surface area (Å²) >= 11 is 3.28. The van der Waals surface area contributed by atoms with Gasteiger partial charge in [-0.25, -0.2) is 9.18 Å². The molecule has 0 heterocycles. The summed E-state index contributed by atoms with van der Waals surface area (Å²) in [6.45, 7) is 0. The van der Waals surface area contributed by atoms with Crippen molar-refractivity contribution in [2.45, 2.75) is 0 Å². The molecule has 0 atom stereocenters. The van der Waals surface area contributed by atoms with Crippen LogP contribution in [0.15, 0.2) is 40.9 Å². The van der Waals surface area contributed by atoms with Gasteiger partial charge in [0.05, 0.1) is 11.3 Å². The predicted molar refractivity (Wildman–Crippen MR) is 72.0 cm³/mol. The highest BCUT2D eigenvalue weighted by Gasteiger charge is 2.14. The normalized spacial score (nSPS) is 10.2. The molecule has 2 aromatic rings. The Morgan fingerprint density at radius 3 is 2.47 bits per heavy atom. The smallest absolute Gasteiger partial charge is 0.338 e. The van der Waals surface area contributed by atoms with Crippen molar-refractivity contribution in [2.75, 3.05) is 5.73 Å². The molecule has 0 aliphatic carbocycles. The molecule has 0 aromatic heterocycles. The summed E-state index contributed by atoms with van der Waals surface area (Å²) in [5.41, 5.74) is 5.21. The molecule has 0 aliphatic rings. The molecule has 6 heteroatoms. The van der Waals surface area contributed by atoms with E-state index in [9.17, 15) is 9.18 Å². The third kappa shape index (κ3) is 3.03. The molecule has 0 amide bonds. The van der Waals surface area contributed by atoms with Gasteiger partial charge in [0, 0.05) is 10.5 Å². The minimum Gasteiger partial charge on any atom is -0.478 e. The van der Waals surface area contributed by atoms with E-state index in [0.717, 1.165) is 16.6 Å². The van der Waals surface area contributed by atoms with Crippen LogP contribution in [0.3, 0.4) is 0 Å². The lowest BCUT2D eigenvalue weighted by Gasteiger charge is -2.10. The van der Waals surface area contributed by atoms with Crippen LogP contribution in [0.25, 0.3) is 0 Å². The minimum absolute atomic E-state index is 0.0571. The molecule has 2 rings (SSSR count). The number of carboxylic acids is 1. The highest BCUT2D eigenvalue weighted by atomic mass is 79.9. The Hall–Kier alpha value is -2.08. The molecule has 0 spiro atoms. The van der Waals surface area contributed by atoms with Gasteiger partial charge in [0.1, 0.15) is 11.6 Å². The molecule has 0 bridgehead atoms. The molecule has 3 N–H and O–H groups in total. The zero-order valence-corrected chi connectivity index (χ0v) is 11.1. The third-order valence-corrected chi connectivity index (χ3v) is 2.90. The second-order valence-corrected chi connectivity index (χ2v) is 4.65. The van der Waals surface area contributed by atoms with Crippen LogP contribution in [0, 0.1) is 5.82 Å². The Bertz CT molecular complexity index is 629. The highest BCUT2D eigenvalue weighted by molar-refractivity contribution is 9.10. The number of halogens is 2. The predicted octanol–water partition coefficient (Wildman–Crippen LogP) is 3.66. The molecule has 4 nitrogen and oxygen atoms in total. The van der Waals surface area contributed by atoms with Crippen LogP contribution in [0.1, 0.15) is 10.4 Å². The molecule has 0 saturated carbocycles. The van der Waals surface area contributed by atoms with E-state index in [0.29, 0.717) is 5.75 Å². The van der Waals surface area contributed by atoms with E-state index in [-0.39, 0.29) is 11.4 Å². The first-order chi connectivity index (χ1) is 8.97. The van der Waals surface area contributed by atoms with Gasteiger partial charge in [0.25, 0.3) is 0 Å². The Morgan fingerprint density at radius 1 is 1.26 bits per heavy atom. The van der Waals surface area contributed by atoms with Crippen molar-refractivity contribution in [2.24, 2.45) is 0 Å². The second kappa shape index (κ2) is 5.27. The molecule has 0 unspecified atom stereocenters. The summed E-state index contributed by atoms with van der Waals surface area (Å²) in [6.07, 6.45) is 0. The lowest BCUT2D eigenvalue weighted by molar-refractivity contribution is 0.0692. The van der Waals surface area contributed by atoms with Gasteiger partial charge in [0.2, 0.25) is 0 Å². The summed E-state index contributed by atoms with van der Waals surface area (Å²) in [6, 6.07) is 8.85. The third-order valence-electron chi connectivity index (χ3n) is 2.37. The molecule has 19 heavy (non-hydrogen) atoms. The number of rotatable bonds is 3. The Morgan fingerprint density at radius 2 is 1.89 bits per heavy atom. The van der Waals surface area contributed by atoms with Gasteiger partial charge < -0.3 is 15.6 Å². The zero-order valence-electron chi connectivity index (χ0n) is 9.56. The summed E-state index contributed by atoms with van der Waals surface area (Å²) in [5, 5.41) is 8.76. The number of nitrogen functional groups attached to an aromatic ring is 1. The van der Waals surface area contributed by atoms with Crippen molar-refractivity contribution in [3.63, 3.8) is 0 Å². The van der Waals surface area contributed by atoms with Crippen molar-refractivity contribution in [3.8, 4) is 11.5 Å². The van der Waals surface area contributed by atoms with Crippen LogP contribution in [-0.2, 0) is 0 Å². The molecular weight excluding hydrogens is 317 g/mol. The van der Waals surface area contributed by atoms with Gasteiger partial charge in [-0.15, -0.1) is 0 Å². The first kappa shape index (κ1) is 13.4. The Kier molecular flexibility index (Phi) is 3.71. The standard InChI is InChI=1S/C13H9BrFNO3/c14-7-1-3-8(4-2-7)19-12-6-10(15)9(13(17)18)5-11(12)16/h1-6H,16H2,(H,17,18). The summed E-state index contributed by atoms with van der Waals surface area (Å²) < 4.78 is 19.8. The number of hydrogen-bond donors (Lipinski definition) is 2. The number of aromatic carboxylic acids is 1. The lowest BCUT2D eigenvalue weighted by Crippen LogP contribution is -2.03. The van der Waals surface area contributed by atoms with Gasteiger partial charge in [-0.3, -0.25) is 0 Å². The van der Waals surface area contributed by atoms with Gasteiger partial charge in [-0.1, -0.05) is 15.9 Å². The number of carbonyl (C=O) groups is 1. The van der Waals surface area contributed by atoms with Crippen LogP contribution >= 0.6 is 15.9 Å². The number of nitrogens with two attached hydrogens (primary N) is 1. The van der Waals surface area contributed by atoms with E-state index < -0.39 is 17.3 Å².